The SMILES string of the molecule is COc1ccccc1CCNC(=O)C1CC1C(=O)NCc1ccccc1F. The number of methoxy groups -OCH3 is 1. The smallest absolute Gasteiger partial charge is 0.224 e. The summed E-state index contributed by atoms with van der Waals surface area (Å²) in [5.41, 5.74) is 1.46. The van der Waals surface area contributed by atoms with Crippen molar-refractivity contribution in [3.63, 3.8) is 0 Å². The van der Waals surface area contributed by atoms with Crippen LogP contribution in [0.25, 0.3) is 0 Å². The molecular formula is C21H23FN2O3. The molecule has 2 amide bonds. The monoisotopic (exact) mass is 370 g/mol. The van der Waals surface area contributed by atoms with Crippen molar-refractivity contribution in [3.8, 4) is 5.75 Å². The van der Waals surface area contributed by atoms with E-state index in [0.717, 1.165) is 11.3 Å². The minimum atomic E-state index is -0.348. The molecule has 0 radical (unpaired) electrons. The Bertz CT molecular complexity index is 825. The fourth-order valence-corrected chi connectivity index (χ4v) is 3.09. The third kappa shape index (κ3) is 4.84. The first-order valence-electron chi connectivity index (χ1n) is 9.01. The van der Waals surface area contributed by atoms with Gasteiger partial charge in [-0.1, -0.05) is 36.4 Å². The minimum Gasteiger partial charge on any atom is -0.496 e. The molecule has 0 saturated heterocycles. The van der Waals surface area contributed by atoms with Crippen molar-refractivity contribution in [2.75, 3.05) is 13.7 Å². The van der Waals surface area contributed by atoms with Gasteiger partial charge in [0.2, 0.25) is 11.8 Å². The molecule has 0 bridgehead atoms. The fraction of sp³-hybridized carbons (Fsp3) is 0.333. The van der Waals surface area contributed by atoms with E-state index in [0.29, 0.717) is 24.9 Å². The zero-order valence-electron chi connectivity index (χ0n) is 15.2. The van der Waals surface area contributed by atoms with Gasteiger partial charge in [0.15, 0.2) is 0 Å². The summed E-state index contributed by atoms with van der Waals surface area (Å²) in [5.74, 6) is -0.506. The summed E-state index contributed by atoms with van der Waals surface area (Å²) >= 11 is 0. The molecule has 5 nitrogen and oxygen atoms in total. The van der Waals surface area contributed by atoms with Crippen molar-refractivity contribution in [2.45, 2.75) is 19.4 Å². The molecule has 6 heteroatoms. The fourth-order valence-electron chi connectivity index (χ4n) is 3.09. The number of hydrogen-bond donors (Lipinski definition) is 2. The van der Waals surface area contributed by atoms with Crippen molar-refractivity contribution in [1.29, 1.82) is 0 Å². The molecule has 142 valence electrons. The van der Waals surface area contributed by atoms with Crippen molar-refractivity contribution in [3.05, 3.63) is 65.5 Å². The van der Waals surface area contributed by atoms with Crippen LogP contribution in [-0.4, -0.2) is 25.5 Å². The second-order valence-corrected chi connectivity index (χ2v) is 6.61. The number of para-hydroxylation sites is 1. The van der Waals surface area contributed by atoms with Gasteiger partial charge in [-0.05, 0) is 30.5 Å². The molecule has 0 spiro atoms. The molecule has 2 unspecified atom stereocenters. The maximum absolute atomic E-state index is 13.6. The van der Waals surface area contributed by atoms with Crippen LogP contribution in [0.1, 0.15) is 17.5 Å². The van der Waals surface area contributed by atoms with Gasteiger partial charge in [0.25, 0.3) is 0 Å². The predicted molar refractivity (Wildman–Crippen MR) is 99.6 cm³/mol. The Labute approximate surface area is 157 Å². The number of carbonyl (C=O) groups is 2. The van der Waals surface area contributed by atoms with Crippen LogP contribution in [0.5, 0.6) is 5.75 Å². The highest BCUT2D eigenvalue weighted by atomic mass is 19.1. The maximum atomic E-state index is 13.6. The van der Waals surface area contributed by atoms with Crippen molar-refractivity contribution in [2.24, 2.45) is 11.8 Å². The van der Waals surface area contributed by atoms with Gasteiger partial charge in [0.05, 0.1) is 18.9 Å². The quantitative estimate of drug-likeness (QED) is 0.750. The molecule has 2 atom stereocenters. The van der Waals surface area contributed by atoms with Crippen LogP contribution in [0.2, 0.25) is 0 Å². The van der Waals surface area contributed by atoms with E-state index in [2.05, 4.69) is 10.6 Å². The molecule has 1 aliphatic rings. The Morgan fingerprint density at radius 3 is 2.33 bits per heavy atom. The lowest BCUT2D eigenvalue weighted by Gasteiger charge is -2.09. The molecule has 2 aromatic rings. The number of nitrogens with one attached hydrogen (secondary N) is 2. The average Bonchev–Trinajstić information content (AvgIpc) is 3.48. The van der Waals surface area contributed by atoms with E-state index < -0.39 is 0 Å². The lowest BCUT2D eigenvalue weighted by Crippen LogP contribution is -2.31. The molecule has 0 heterocycles. The molecule has 2 N–H and O–H groups in total. The Balaban J connectivity index is 1.41. The highest BCUT2D eigenvalue weighted by molar-refractivity contribution is 5.92. The van der Waals surface area contributed by atoms with Crippen molar-refractivity contribution in [1.82, 2.24) is 10.6 Å². The zero-order valence-corrected chi connectivity index (χ0v) is 15.2. The number of amides is 2. The standard InChI is InChI=1S/C21H23FN2O3/c1-27-19-9-5-3-6-14(19)10-11-23-20(25)16-12-17(16)21(26)24-13-15-7-2-4-8-18(15)22/h2-9,16-17H,10-13H2,1H3,(H,23,25)(H,24,26). The maximum Gasteiger partial charge on any atom is 0.224 e. The normalized spacial score (nSPS) is 17.9. The third-order valence-electron chi connectivity index (χ3n) is 4.76. The van der Waals surface area contributed by atoms with E-state index in [4.69, 9.17) is 4.74 Å². The number of benzene rings is 2. The Kier molecular flexibility index (Phi) is 6.06. The molecule has 0 aromatic heterocycles. The van der Waals surface area contributed by atoms with Crippen LogP contribution in [-0.2, 0) is 22.6 Å². The minimum absolute atomic E-state index is 0.115. The lowest BCUT2D eigenvalue weighted by atomic mass is 10.1. The van der Waals surface area contributed by atoms with Gasteiger partial charge in [-0.2, -0.15) is 0 Å². The van der Waals surface area contributed by atoms with Gasteiger partial charge in [-0.25, -0.2) is 4.39 Å². The first-order chi connectivity index (χ1) is 13.1. The summed E-state index contributed by atoms with van der Waals surface area (Å²) < 4.78 is 18.9. The van der Waals surface area contributed by atoms with Crippen LogP contribution in [0.15, 0.2) is 48.5 Å². The summed E-state index contributed by atoms with van der Waals surface area (Å²) in [5, 5.41) is 5.59. The van der Waals surface area contributed by atoms with Gasteiger partial charge in [-0.15, -0.1) is 0 Å². The third-order valence-corrected chi connectivity index (χ3v) is 4.76. The molecule has 27 heavy (non-hydrogen) atoms. The lowest BCUT2D eigenvalue weighted by molar-refractivity contribution is -0.127. The predicted octanol–water partition coefficient (Wildman–Crippen LogP) is 2.45. The summed E-state index contributed by atoms with van der Waals surface area (Å²) in [6.07, 6.45) is 1.19. The van der Waals surface area contributed by atoms with Crippen LogP contribution < -0.4 is 15.4 Å². The average molecular weight is 370 g/mol. The Morgan fingerprint density at radius 1 is 1.00 bits per heavy atom. The topological polar surface area (TPSA) is 67.4 Å². The molecular weight excluding hydrogens is 347 g/mol. The Morgan fingerprint density at radius 2 is 1.63 bits per heavy atom. The molecule has 3 rings (SSSR count). The van der Waals surface area contributed by atoms with Gasteiger partial charge in [-0.3, -0.25) is 9.59 Å². The highest BCUT2D eigenvalue weighted by Gasteiger charge is 2.47. The van der Waals surface area contributed by atoms with Gasteiger partial charge >= 0.3 is 0 Å². The second-order valence-electron chi connectivity index (χ2n) is 6.61. The Hall–Kier alpha value is -2.89. The van der Waals surface area contributed by atoms with Crippen LogP contribution in [0.3, 0.4) is 0 Å². The van der Waals surface area contributed by atoms with Crippen molar-refractivity contribution >= 4 is 11.8 Å². The first kappa shape index (κ1) is 18.9. The number of carbonyl (C=O) groups excluding carboxylic acids is 2. The van der Waals surface area contributed by atoms with Crippen LogP contribution >= 0.6 is 0 Å². The van der Waals surface area contributed by atoms with Gasteiger partial charge in [0, 0.05) is 18.7 Å². The summed E-state index contributed by atoms with van der Waals surface area (Å²) in [4.78, 5) is 24.4. The molecule has 2 aromatic carbocycles. The largest absolute Gasteiger partial charge is 0.496 e. The summed E-state index contributed by atoms with van der Waals surface area (Å²) in [7, 11) is 1.62. The van der Waals surface area contributed by atoms with Crippen LogP contribution in [0, 0.1) is 17.7 Å². The highest BCUT2D eigenvalue weighted by Crippen LogP contribution is 2.38. The zero-order chi connectivity index (χ0) is 19.2. The van der Waals surface area contributed by atoms with E-state index >= 15 is 0 Å². The summed E-state index contributed by atoms with van der Waals surface area (Å²) in [6.45, 7) is 0.615. The van der Waals surface area contributed by atoms with Crippen LogP contribution in [0.4, 0.5) is 4.39 Å². The van der Waals surface area contributed by atoms with Gasteiger partial charge in [0.1, 0.15) is 11.6 Å². The van der Waals surface area contributed by atoms with Gasteiger partial charge < -0.3 is 15.4 Å². The van der Waals surface area contributed by atoms with E-state index in [1.54, 1.807) is 25.3 Å². The number of halogens is 1. The van der Waals surface area contributed by atoms with E-state index in [9.17, 15) is 14.0 Å². The molecule has 1 saturated carbocycles. The molecule has 0 aliphatic heterocycles. The van der Waals surface area contributed by atoms with E-state index in [-0.39, 0.29) is 36.0 Å². The number of ether oxygens (including phenoxy) is 1. The number of hydrogen-bond acceptors (Lipinski definition) is 3. The van der Waals surface area contributed by atoms with E-state index in [1.165, 1.54) is 6.07 Å². The molecule has 1 aliphatic carbocycles. The van der Waals surface area contributed by atoms with Crippen molar-refractivity contribution < 1.29 is 18.7 Å². The molecule has 1 fully saturated rings. The summed E-state index contributed by atoms with van der Waals surface area (Å²) in [6, 6.07) is 14.0. The number of rotatable bonds is 8. The second kappa shape index (κ2) is 8.66. The van der Waals surface area contributed by atoms with E-state index in [1.807, 2.05) is 24.3 Å². The first-order valence-corrected chi connectivity index (χ1v) is 9.01.